The van der Waals surface area contributed by atoms with Gasteiger partial charge in [-0.2, -0.15) is 0 Å². The molecule has 2 aromatic rings. The summed E-state index contributed by atoms with van der Waals surface area (Å²) in [7, 11) is 0. The zero-order valence-electron chi connectivity index (χ0n) is 24.3. The molecular weight excluding hydrogens is 502 g/mol. The summed E-state index contributed by atoms with van der Waals surface area (Å²) in [5.41, 5.74) is -0.554. The van der Waals surface area contributed by atoms with E-state index >= 15 is 0 Å². The van der Waals surface area contributed by atoms with Crippen LogP contribution in [-0.2, 0) is 23.8 Å². The smallest absolute Gasteiger partial charge is 0.419 e. The molecule has 1 atom stereocenters. The number of hydrogen-bond acceptors (Lipinski definition) is 7. The first-order valence-electron chi connectivity index (χ1n) is 13.0. The Morgan fingerprint density at radius 1 is 0.974 bits per heavy atom. The Labute approximate surface area is 230 Å². The van der Waals surface area contributed by atoms with Crippen LogP contribution in [0.15, 0.2) is 36.2 Å². The van der Waals surface area contributed by atoms with Gasteiger partial charge in [0, 0.05) is 17.1 Å². The minimum absolute atomic E-state index is 0.0533. The summed E-state index contributed by atoms with van der Waals surface area (Å²) in [6.45, 7) is 16.0. The summed E-state index contributed by atoms with van der Waals surface area (Å²) in [6, 6.07) is 6.15. The molecule has 1 heterocycles. The first-order chi connectivity index (χ1) is 18.0. The van der Waals surface area contributed by atoms with Crippen LogP contribution < -0.4 is 10.6 Å². The number of carbonyl (C=O) groups is 4. The molecule has 0 saturated heterocycles. The van der Waals surface area contributed by atoms with Crippen LogP contribution in [0.25, 0.3) is 17.0 Å². The van der Waals surface area contributed by atoms with Gasteiger partial charge < -0.3 is 24.8 Å². The monoisotopic (exact) mass is 543 g/mol. The van der Waals surface area contributed by atoms with Gasteiger partial charge in [-0.25, -0.2) is 14.4 Å². The van der Waals surface area contributed by atoms with Gasteiger partial charge in [0.05, 0.1) is 12.1 Å². The standard InChI is InChI=1S/C29H41N3O7/c1-10-37-25(34)22(30-24(33)21(15-18(2)3)31-26(35)38-28(4,5)6)16-19-17-32(27(36)39-29(7,8)9)23-14-12-11-13-20(19)23/h11-14,16-18,21H,10,15H2,1-9H3,(H,30,33)(H,31,35)/b22-16+/t21-/m0/s1. The second-order valence-corrected chi connectivity index (χ2v) is 11.5. The Hall–Kier alpha value is -3.82. The third-order valence-electron chi connectivity index (χ3n) is 5.10. The zero-order chi connectivity index (χ0) is 29.5. The molecule has 0 aliphatic carbocycles. The highest BCUT2D eigenvalue weighted by atomic mass is 16.6. The molecule has 0 saturated carbocycles. The minimum Gasteiger partial charge on any atom is -0.461 e. The molecule has 2 amide bonds. The zero-order valence-corrected chi connectivity index (χ0v) is 24.3. The highest BCUT2D eigenvalue weighted by Crippen LogP contribution is 2.25. The second-order valence-electron chi connectivity index (χ2n) is 11.5. The van der Waals surface area contributed by atoms with Crippen molar-refractivity contribution in [1.29, 1.82) is 0 Å². The largest absolute Gasteiger partial charge is 0.461 e. The molecule has 2 rings (SSSR count). The fraction of sp³-hybridized carbons (Fsp3) is 0.517. The van der Waals surface area contributed by atoms with Crippen molar-refractivity contribution < 1.29 is 33.4 Å². The van der Waals surface area contributed by atoms with E-state index in [1.54, 1.807) is 72.7 Å². The van der Waals surface area contributed by atoms with E-state index in [-0.39, 0.29) is 18.2 Å². The van der Waals surface area contributed by atoms with E-state index in [0.29, 0.717) is 22.9 Å². The lowest BCUT2D eigenvalue weighted by Gasteiger charge is -2.24. The number of ether oxygens (including phenoxy) is 3. The first kappa shape index (κ1) is 31.4. The number of benzene rings is 1. The van der Waals surface area contributed by atoms with Crippen molar-refractivity contribution in [2.45, 2.75) is 86.0 Å². The van der Waals surface area contributed by atoms with E-state index in [4.69, 9.17) is 14.2 Å². The molecule has 214 valence electrons. The Kier molecular flexibility index (Phi) is 10.3. The van der Waals surface area contributed by atoms with Crippen LogP contribution in [0.4, 0.5) is 9.59 Å². The Balaban J connectivity index is 2.48. The number of aromatic nitrogens is 1. The molecule has 2 N–H and O–H groups in total. The van der Waals surface area contributed by atoms with Gasteiger partial charge in [0.15, 0.2) is 0 Å². The quantitative estimate of drug-likeness (QED) is 0.260. The van der Waals surface area contributed by atoms with Crippen molar-refractivity contribution in [2.24, 2.45) is 5.92 Å². The van der Waals surface area contributed by atoms with Crippen molar-refractivity contribution in [3.63, 3.8) is 0 Å². The van der Waals surface area contributed by atoms with E-state index < -0.39 is 41.3 Å². The van der Waals surface area contributed by atoms with Crippen LogP contribution in [0.5, 0.6) is 0 Å². The van der Waals surface area contributed by atoms with Gasteiger partial charge in [-0.3, -0.25) is 9.36 Å². The number of rotatable bonds is 8. The van der Waals surface area contributed by atoms with Gasteiger partial charge in [-0.15, -0.1) is 0 Å². The van der Waals surface area contributed by atoms with Crippen LogP contribution in [0.1, 0.15) is 74.3 Å². The van der Waals surface area contributed by atoms with Crippen LogP contribution in [0.2, 0.25) is 0 Å². The third kappa shape index (κ3) is 9.77. The maximum Gasteiger partial charge on any atom is 0.419 e. The lowest BCUT2D eigenvalue weighted by atomic mass is 10.0. The summed E-state index contributed by atoms with van der Waals surface area (Å²) in [5.74, 6) is -1.32. The molecule has 39 heavy (non-hydrogen) atoms. The predicted molar refractivity (Wildman–Crippen MR) is 149 cm³/mol. The van der Waals surface area contributed by atoms with E-state index in [9.17, 15) is 19.2 Å². The summed E-state index contributed by atoms with van der Waals surface area (Å²) < 4.78 is 17.4. The fourth-order valence-corrected chi connectivity index (χ4v) is 3.67. The fourth-order valence-electron chi connectivity index (χ4n) is 3.67. The Morgan fingerprint density at radius 3 is 2.15 bits per heavy atom. The number of alkyl carbamates (subject to hydrolysis) is 1. The van der Waals surface area contributed by atoms with Crippen LogP contribution in [0, 0.1) is 5.92 Å². The van der Waals surface area contributed by atoms with Crippen LogP contribution in [-0.4, -0.2) is 52.5 Å². The van der Waals surface area contributed by atoms with Gasteiger partial charge in [0.2, 0.25) is 5.91 Å². The van der Waals surface area contributed by atoms with E-state index in [1.165, 1.54) is 16.8 Å². The number of hydrogen-bond donors (Lipinski definition) is 2. The van der Waals surface area contributed by atoms with Gasteiger partial charge >= 0.3 is 18.2 Å². The van der Waals surface area contributed by atoms with Crippen LogP contribution in [0.3, 0.4) is 0 Å². The van der Waals surface area contributed by atoms with Crippen molar-refractivity contribution >= 4 is 41.0 Å². The van der Waals surface area contributed by atoms with Crippen LogP contribution >= 0.6 is 0 Å². The van der Waals surface area contributed by atoms with Crippen molar-refractivity contribution in [3.8, 4) is 0 Å². The van der Waals surface area contributed by atoms with Gasteiger partial charge in [-0.05, 0) is 72.9 Å². The lowest BCUT2D eigenvalue weighted by Crippen LogP contribution is -2.49. The average Bonchev–Trinajstić information content (AvgIpc) is 3.14. The molecule has 1 aromatic carbocycles. The normalized spacial score (nSPS) is 13.1. The molecule has 0 aliphatic rings. The molecular formula is C29H41N3O7. The Morgan fingerprint density at radius 2 is 1.59 bits per heavy atom. The average molecular weight is 544 g/mol. The number of para-hydroxylation sites is 1. The summed E-state index contributed by atoms with van der Waals surface area (Å²) in [5, 5.41) is 5.87. The highest BCUT2D eigenvalue weighted by molar-refractivity contribution is 6.03. The van der Waals surface area contributed by atoms with E-state index in [1.807, 2.05) is 13.8 Å². The molecule has 0 fully saturated rings. The number of amides is 2. The van der Waals surface area contributed by atoms with Gasteiger partial charge in [0.25, 0.3) is 0 Å². The predicted octanol–water partition coefficient (Wildman–Crippen LogP) is 5.38. The number of fused-ring (bicyclic) bond motifs is 1. The molecule has 0 aliphatic heterocycles. The van der Waals surface area contributed by atoms with Gasteiger partial charge in [-0.1, -0.05) is 32.0 Å². The summed E-state index contributed by atoms with van der Waals surface area (Å²) in [6.07, 6.45) is 1.95. The third-order valence-corrected chi connectivity index (χ3v) is 5.10. The molecule has 10 heteroatoms. The minimum atomic E-state index is -0.971. The number of nitrogens with zero attached hydrogens (tertiary/aromatic N) is 1. The topological polar surface area (TPSA) is 125 Å². The molecule has 0 bridgehead atoms. The molecule has 0 unspecified atom stereocenters. The number of nitrogens with one attached hydrogen (secondary N) is 2. The maximum atomic E-state index is 13.3. The molecule has 0 radical (unpaired) electrons. The molecule has 10 nitrogen and oxygen atoms in total. The maximum absolute atomic E-state index is 13.3. The van der Waals surface area contributed by atoms with Crippen molar-refractivity contribution in [3.05, 3.63) is 41.7 Å². The first-order valence-corrected chi connectivity index (χ1v) is 13.0. The summed E-state index contributed by atoms with van der Waals surface area (Å²) in [4.78, 5) is 51.5. The summed E-state index contributed by atoms with van der Waals surface area (Å²) >= 11 is 0. The SMILES string of the molecule is CCOC(=O)/C(=C\c1cn(C(=O)OC(C)(C)C)c2ccccc12)NC(=O)[C@H](CC(C)C)NC(=O)OC(C)(C)C. The number of carbonyl (C=O) groups excluding carboxylic acids is 4. The molecule has 0 spiro atoms. The van der Waals surface area contributed by atoms with Crippen molar-refractivity contribution in [1.82, 2.24) is 15.2 Å². The Bertz CT molecular complexity index is 1230. The van der Waals surface area contributed by atoms with Crippen molar-refractivity contribution in [2.75, 3.05) is 6.61 Å². The highest BCUT2D eigenvalue weighted by Gasteiger charge is 2.28. The molecule has 1 aromatic heterocycles. The second kappa shape index (κ2) is 12.8. The number of esters is 1. The van der Waals surface area contributed by atoms with Gasteiger partial charge in [0.1, 0.15) is 22.9 Å². The van der Waals surface area contributed by atoms with E-state index in [2.05, 4.69) is 10.6 Å². The lowest BCUT2D eigenvalue weighted by molar-refractivity contribution is -0.140. The van der Waals surface area contributed by atoms with E-state index in [0.717, 1.165) is 0 Å².